The van der Waals surface area contributed by atoms with Gasteiger partial charge in [-0.3, -0.25) is 9.78 Å². The molecular formula is C22H30N4O. The highest BCUT2D eigenvalue weighted by atomic mass is 16.2. The van der Waals surface area contributed by atoms with Gasteiger partial charge < -0.3 is 15.1 Å². The van der Waals surface area contributed by atoms with E-state index in [1.807, 2.05) is 11.0 Å². The summed E-state index contributed by atoms with van der Waals surface area (Å²) in [5.74, 6) is 0.0657. The summed E-state index contributed by atoms with van der Waals surface area (Å²) in [5, 5.41) is 3.39. The first-order chi connectivity index (χ1) is 13.0. The first-order valence-corrected chi connectivity index (χ1v) is 9.81. The van der Waals surface area contributed by atoms with Crippen LogP contribution in [0.2, 0.25) is 0 Å². The lowest BCUT2D eigenvalue weighted by Gasteiger charge is -2.37. The molecule has 1 saturated heterocycles. The molecule has 5 nitrogen and oxygen atoms in total. The minimum absolute atomic E-state index is 0.0657. The van der Waals surface area contributed by atoms with Crippen molar-refractivity contribution in [1.82, 2.24) is 9.88 Å². The molecule has 0 saturated carbocycles. The number of amides is 1. The summed E-state index contributed by atoms with van der Waals surface area (Å²) >= 11 is 0. The Morgan fingerprint density at radius 3 is 2.63 bits per heavy atom. The Hall–Kier alpha value is -2.56. The number of aromatic nitrogens is 1. The van der Waals surface area contributed by atoms with Crippen LogP contribution in [0, 0.1) is 13.8 Å². The lowest BCUT2D eigenvalue weighted by molar-refractivity contribution is 0.0746. The van der Waals surface area contributed by atoms with Gasteiger partial charge in [0.25, 0.3) is 5.91 Å². The summed E-state index contributed by atoms with van der Waals surface area (Å²) in [6, 6.07) is 8.70. The van der Waals surface area contributed by atoms with Gasteiger partial charge in [-0.1, -0.05) is 19.1 Å². The zero-order valence-corrected chi connectivity index (χ0v) is 16.8. The van der Waals surface area contributed by atoms with E-state index >= 15 is 0 Å². The van der Waals surface area contributed by atoms with Crippen LogP contribution in [0.15, 0.2) is 36.7 Å². The van der Waals surface area contributed by atoms with Gasteiger partial charge in [0, 0.05) is 50.3 Å². The van der Waals surface area contributed by atoms with E-state index in [1.54, 1.807) is 12.4 Å². The topological polar surface area (TPSA) is 48.5 Å². The third-order valence-electron chi connectivity index (χ3n) is 5.49. The molecule has 1 amide bonds. The van der Waals surface area contributed by atoms with Gasteiger partial charge in [-0.25, -0.2) is 0 Å². The van der Waals surface area contributed by atoms with Crippen LogP contribution in [0.1, 0.15) is 41.8 Å². The van der Waals surface area contributed by atoms with E-state index in [1.165, 1.54) is 16.8 Å². The van der Waals surface area contributed by atoms with Gasteiger partial charge in [0.05, 0.1) is 11.3 Å². The first kappa shape index (κ1) is 19.2. The molecule has 27 heavy (non-hydrogen) atoms. The smallest absolute Gasteiger partial charge is 0.255 e. The molecule has 1 unspecified atom stereocenters. The van der Waals surface area contributed by atoms with Gasteiger partial charge in [-0.2, -0.15) is 0 Å². The van der Waals surface area contributed by atoms with E-state index in [9.17, 15) is 4.79 Å². The van der Waals surface area contributed by atoms with E-state index in [2.05, 4.69) is 61.1 Å². The van der Waals surface area contributed by atoms with E-state index in [4.69, 9.17) is 0 Å². The third kappa shape index (κ3) is 4.41. The molecule has 2 aromatic rings. The highest BCUT2D eigenvalue weighted by Gasteiger charge is 2.23. The molecule has 1 aliphatic heterocycles. The molecule has 0 spiro atoms. The second kappa shape index (κ2) is 8.42. The Kier molecular flexibility index (Phi) is 5.99. The number of benzene rings is 1. The van der Waals surface area contributed by atoms with Gasteiger partial charge >= 0.3 is 0 Å². The molecule has 0 bridgehead atoms. The lowest BCUT2D eigenvalue weighted by atomic mass is 10.1. The number of anilines is 2. The summed E-state index contributed by atoms with van der Waals surface area (Å²) in [4.78, 5) is 21.5. The molecule has 1 aromatic carbocycles. The molecule has 144 valence electrons. The van der Waals surface area contributed by atoms with Gasteiger partial charge in [0.2, 0.25) is 0 Å². The minimum Gasteiger partial charge on any atom is -0.381 e. The maximum Gasteiger partial charge on any atom is 0.255 e. The van der Waals surface area contributed by atoms with Crippen LogP contribution in [-0.4, -0.2) is 48.0 Å². The predicted octanol–water partition coefficient (Wildman–Crippen LogP) is 3.87. The molecule has 1 aliphatic rings. The molecule has 0 radical (unpaired) electrons. The quantitative estimate of drug-likeness (QED) is 0.873. The van der Waals surface area contributed by atoms with Crippen molar-refractivity contribution in [2.45, 2.75) is 40.2 Å². The lowest BCUT2D eigenvalue weighted by Crippen LogP contribution is -2.49. The second-order valence-corrected chi connectivity index (χ2v) is 7.41. The summed E-state index contributed by atoms with van der Waals surface area (Å²) in [6.45, 7) is 11.7. The molecule has 2 heterocycles. The number of aryl methyl sites for hydroxylation is 1. The van der Waals surface area contributed by atoms with Gasteiger partial charge in [0.15, 0.2) is 0 Å². The number of rotatable bonds is 5. The van der Waals surface area contributed by atoms with E-state index in [0.717, 1.165) is 38.3 Å². The molecule has 1 aromatic heterocycles. The summed E-state index contributed by atoms with van der Waals surface area (Å²) < 4.78 is 0. The number of nitrogens with one attached hydrogen (secondary N) is 1. The molecule has 1 atom stereocenters. The third-order valence-corrected chi connectivity index (χ3v) is 5.49. The fraction of sp³-hybridized carbons (Fsp3) is 0.455. The summed E-state index contributed by atoms with van der Waals surface area (Å²) in [7, 11) is 0. The average Bonchev–Trinajstić information content (AvgIpc) is 2.70. The predicted molar refractivity (Wildman–Crippen MR) is 112 cm³/mol. The zero-order valence-electron chi connectivity index (χ0n) is 16.8. The molecular weight excluding hydrogens is 336 g/mol. The van der Waals surface area contributed by atoms with Crippen LogP contribution < -0.4 is 10.2 Å². The normalized spacial score (nSPS) is 15.6. The van der Waals surface area contributed by atoms with Crippen molar-refractivity contribution in [2.24, 2.45) is 0 Å². The van der Waals surface area contributed by atoms with Gasteiger partial charge in [-0.15, -0.1) is 0 Å². The number of hydrogen-bond donors (Lipinski definition) is 1. The van der Waals surface area contributed by atoms with Crippen molar-refractivity contribution in [3.8, 4) is 0 Å². The fourth-order valence-electron chi connectivity index (χ4n) is 3.43. The Labute approximate surface area is 162 Å². The van der Waals surface area contributed by atoms with E-state index in [0.29, 0.717) is 11.6 Å². The van der Waals surface area contributed by atoms with Crippen molar-refractivity contribution in [2.75, 3.05) is 36.4 Å². The fourth-order valence-corrected chi connectivity index (χ4v) is 3.43. The van der Waals surface area contributed by atoms with Crippen molar-refractivity contribution in [3.63, 3.8) is 0 Å². The second-order valence-electron chi connectivity index (χ2n) is 7.41. The van der Waals surface area contributed by atoms with Crippen molar-refractivity contribution >= 4 is 17.3 Å². The van der Waals surface area contributed by atoms with Gasteiger partial charge in [0.1, 0.15) is 0 Å². The highest BCUT2D eigenvalue weighted by molar-refractivity contribution is 5.95. The number of hydrogen-bond acceptors (Lipinski definition) is 4. The molecule has 0 aliphatic carbocycles. The standard InChI is InChI=1S/C22H30N4O/c1-5-17(3)24-20-13-19(14-23-15-20)22(27)26-11-9-25(10-12-26)21-8-6-7-16(2)18(21)4/h6-8,13-15,17,24H,5,9-12H2,1-4H3. The van der Waals surface area contributed by atoms with Crippen LogP contribution in [0.5, 0.6) is 0 Å². The monoisotopic (exact) mass is 366 g/mol. The Morgan fingerprint density at radius 2 is 1.93 bits per heavy atom. The maximum atomic E-state index is 12.9. The zero-order chi connectivity index (χ0) is 19.4. The molecule has 1 N–H and O–H groups in total. The van der Waals surface area contributed by atoms with E-state index in [-0.39, 0.29) is 5.91 Å². The maximum absolute atomic E-state index is 12.9. The van der Waals surface area contributed by atoms with Crippen molar-refractivity contribution in [3.05, 3.63) is 53.3 Å². The summed E-state index contributed by atoms with van der Waals surface area (Å²) in [6.07, 6.45) is 4.47. The van der Waals surface area contributed by atoms with Gasteiger partial charge in [-0.05, 0) is 50.5 Å². The van der Waals surface area contributed by atoms with Crippen LogP contribution in [0.4, 0.5) is 11.4 Å². The largest absolute Gasteiger partial charge is 0.381 e. The first-order valence-electron chi connectivity index (χ1n) is 9.81. The van der Waals surface area contributed by atoms with Crippen molar-refractivity contribution < 1.29 is 4.79 Å². The molecule has 1 fully saturated rings. The van der Waals surface area contributed by atoms with Crippen LogP contribution in [0.3, 0.4) is 0 Å². The number of piperazine rings is 1. The minimum atomic E-state index is 0.0657. The average molecular weight is 367 g/mol. The Bertz CT molecular complexity index is 797. The number of carbonyl (C=O) groups excluding carboxylic acids is 1. The van der Waals surface area contributed by atoms with Crippen LogP contribution in [-0.2, 0) is 0 Å². The van der Waals surface area contributed by atoms with Crippen LogP contribution in [0.25, 0.3) is 0 Å². The van der Waals surface area contributed by atoms with Crippen molar-refractivity contribution in [1.29, 1.82) is 0 Å². The number of carbonyl (C=O) groups is 1. The number of nitrogens with zero attached hydrogens (tertiary/aromatic N) is 3. The Balaban J connectivity index is 1.65. The molecule has 5 heteroatoms. The summed E-state index contributed by atoms with van der Waals surface area (Å²) in [5.41, 5.74) is 5.48. The SMILES string of the molecule is CCC(C)Nc1cncc(C(=O)N2CCN(c3cccc(C)c3C)CC2)c1. The van der Waals surface area contributed by atoms with E-state index < -0.39 is 0 Å². The highest BCUT2D eigenvalue weighted by Crippen LogP contribution is 2.24. The molecule has 3 rings (SSSR count). The number of pyridine rings is 1. The van der Waals surface area contributed by atoms with Crippen LogP contribution >= 0.6 is 0 Å². The Morgan fingerprint density at radius 1 is 1.19 bits per heavy atom.